The first kappa shape index (κ1) is 29.5. The first-order chi connectivity index (χ1) is 14.1. The number of alkyl carbamates (subject to hydrolysis) is 1. The molecule has 31 heavy (non-hydrogen) atoms. The van der Waals surface area contributed by atoms with E-state index in [-0.39, 0.29) is 30.1 Å². The molecule has 0 aliphatic rings. The minimum Gasteiger partial charge on any atom is -0.444 e. The van der Waals surface area contributed by atoms with Crippen molar-refractivity contribution in [3.8, 4) is 0 Å². The number of halogens is 1. The molecule has 0 unspecified atom stereocenters. The second-order valence-electron chi connectivity index (χ2n) is 8.68. The van der Waals surface area contributed by atoms with Crippen LogP contribution in [0.25, 0.3) is 0 Å². The van der Waals surface area contributed by atoms with Crippen molar-refractivity contribution >= 4 is 36.0 Å². The summed E-state index contributed by atoms with van der Waals surface area (Å²) in [5.74, 6) is 0.779. The van der Waals surface area contributed by atoms with E-state index in [1.54, 1.807) is 0 Å². The van der Waals surface area contributed by atoms with Crippen LogP contribution in [0.3, 0.4) is 0 Å². The fourth-order valence-corrected chi connectivity index (χ4v) is 2.62. The first-order valence-corrected chi connectivity index (χ1v) is 10.9. The molecule has 0 aliphatic heterocycles. The number of hydrogen-bond acceptors (Lipinski definition) is 4. The van der Waals surface area contributed by atoms with Gasteiger partial charge in [-0.2, -0.15) is 0 Å². The molecule has 7 nitrogen and oxygen atoms in total. The van der Waals surface area contributed by atoms with Crippen LogP contribution in [0.5, 0.6) is 0 Å². The van der Waals surface area contributed by atoms with E-state index in [0.29, 0.717) is 25.7 Å². The van der Waals surface area contributed by atoms with Gasteiger partial charge in [0.2, 0.25) is 0 Å². The van der Waals surface area contributed by atoms with E-state index in [0.717, 1.165) is 25.5 Å². The minimum absolute atomic E-state index is 0. The van der Waals surface area contributed by atoms with Crippen LogP contribution in [0.4, 0.5) is 4.79 Å². The normalized spacial score (nSPS) is 11.8. The molecule has 3 N–H and O–H groups in total. The van der Waals surface area contributed by atoms with E-state index in [1.165, 1.54) is 11.1 Å². The smallest absolute Gasteiger partial charge is 0.407 e. The van der Waals surface area contributed by atoms with Gasteiger partial charge >= 0.3 is 6.09 Å². The van der Waals surface area contributed by atoms with E-state index in [2.05, 4.69) is 66.0 Å². The highest BCUT2D eigenvalue weighted by Crippen LogP contribution is 2.13. The second-order valence-corrected chi connectivity index (χ2v) is 8.68. The van der Waals surface area contributed by atoms with E-state index in [1.807, 2.05) is 27.7 Å². The number of hydrogen-bond donors (Lipinski definition) is 3. The van der Waals surface area contributed by atoms with Crippen molar-refractivity contribution in [3.63, 3.8) is 0 Å². The summed E-state index contributed by atoms with van der Waals surface area (Å²) in [6.07, 6.45) is 0.394. The van der Waals surface area contributed by atoms with Crippen LogP contribution in [0.2, 0.25) is 0 Å². The van der Waals surface area contributed by atoms with Gasteiger partial charge in [0, 0.05) is 32.2 Å². The zero-order chi connectivity index (χ0) is 22.6. The van der Waals surface area contributed by atoms with Crippen LogP contribution in [0.1, 0.15) is 59.1 Å². The van der Waals surface area contributed by atoms with E-state index >= 15 is 0 Å². The van der Waals surface area contributed by atoms with Gasteiger partial charge in [-0.05, 0) is 66.1 Å². The Hall–Kier alpha value is -1.55. The quantitative estimate of drug-likeness (QED) is 0.178. The van der Waals surface area contributed by atoms with Gasteiger partial charge < -0.3 is 20.7 Å². The van der Waals surface area contributed by atoms with E-state index < -0.39 is 5.60 Å². The van der Waals surface area contributed by atoms with Gasteiger partial charge in [0.1, 0.15) is 5.60 Å². The van der Waals surface area contributed by atoms with Gasteiger partial charge in [-0.25, -0.2) is 9.79 Å². The van der Waals surface area contributed by atoms with Crippen molar-refractivity contribution in [1.82, 2.24) is 20.9 Å². The number of carbonyl (C=O) groups is 1. The molecule has 0 aromatic heterocycles. The van der Waals surface area contributed by atoms with Crippen LogP contribution >= 0.6 is 24.0 Å². The van der Waals surface area contributed by atoms with Crippen molar-refractivity contribution in [2.45, 2.75) is 72.7 Å². The number of ether oxygens (including phenoxy) is 1. The maximum absolute atomic E-state index is 11.7. The molecule has 0 saturated heterocycles. The number of nitrogens with one attached hydrogen (secondary N) is 3. The third-order valence-electron chi connectivity index (χ3n) is 4.49. The Morgan fingerprint density at radius 2 is 1.71 bits per heavy atom. The summed E-state index contributed by atoms with van der Waals surface area (Å²) in [6, 6.07) is 8.95. The Morgan fingerprint density at radius 1 is 1.10 bits per heavy atom. The van der Waals surface area contributed by atoms with Crippen molar-refractivity contribution in [2.75, 3.05) is 26.7 Å². The molecule has 1 aromatic carbocycles. The van der Waals surface area contributed by atoms with Gasteiger partial charge in [-0.3, -0.25) is 4.90 Å². The summed E-state index contributed by atoms with van der Waals surface area (Å²) < 4.78 is 5.23. The Kier molecular flexibility index (Phi) is 14.5. The summed E-state index contributed by atoms with van der Waals surface area (Å²) in [5.41, 5.74) is 2.05. The molecule has 178 valence electrons. The number of rotatable bonds is 10. The Labute approximate surface area is 205 Å². The summed E-state index contributed by atoms with van der Waals surface area (Å²) >= 11 is 0. The number of nitrogens with zero attached hydrogens (tertiary/aromatic N) is 2. The van der Waals surface area contributed by atoms with Gasteiger partial charge in [-0.15, -0.1) is 24.0 Å². The third kappa shape index (κ3) is 13.5. The summed E-state index contributed by atoms with van der Waals surface area (Å²) in [4.78, 5) is 18.7. The Bertz CT molecular complexity index is 674. The molecule has 1 aromatic rings. The number of amides is 1. The predicted molar refractivity (Wildman–Crippen MR) is 140 cm³/mol. The SMILES string of the molecule is CCNC(=NCc1ccccc1CN(C)C(C)C)NCCCNC(=O)OC(C)(C)C.I. The monoisotopic (exact) mass is 547 g/mol. The second kappa shape index (κ2) is 15.3. The highest BCUT2D eigenvalue weighted by Gasteiger charge is 2.15. The third-order valence-corrected chi connectivity index (χ3v) is 4.49. The largest absolute Gasteiger partial charge is 0.444 e. The van der Waals surface area contributed by atoms with Crippen molar-refractivity contribution in [1.29, 1.82) is 0 Å². The number of benzene rings is 1. The molecule has 0 atom stereocenters. The maximum Gasteiger partial charge on any atom is 0.407 e. The van der Waals surface area contributed by atoms with Crippen molar-refractivity contribution < 1.29 is 9.53 Å². The van der Waals surface area contributed by atoms with Crippen LogP contribution < -0.4 is 16.0 Å². The molecular formula is C23H42IN5O2. The van der Waals surface area contributed by atoms with Crippen LogP contribution in [-0.2, 0) is 17.8 Å². The van der Waals surface area contributed by atoms with Crippen molar-refractivity contribution in [2.24, 2.45) is 4.99 Å². The molecule has 0 fully saturated rings. The molecule has 0 radical (unpaired) electrons. The average Bonchev–Trinajstić information content (AvgIpc) is 2.65. The molecule has 8 heteroatoms. The molecule has 0 aliphatic carbocycles. The molecule has 0 saturated carbocycles. The molecule has 1 rings (SSSR count). The number of guanidine groups is 1. The lowest BCUT2D eigenvalue weighted by Gasteiger charge is -2.22. The molecule has 1 amide bonds. The van der Waals surface area contributed by atoms with Gasteiger partial charge in [0.15, 0.2) is 5.96 Å². The fraction of sp³-hybridized carbons (Fsp3) is 0.652. The minimum atomic E-state index is -0.479. The summed E-state index contributed by atoms with van der Waals surface area (Å²) in [5, 5.41) is 9.38. The van der Waals surface area contributed by atoms with Gasteiger partial charge in [0.05, 0.1) is 6.54 Å². The summed E-state index contributed by atoms with van der Waals surface area (Å²) in [7, 11) is 2.14. The maximum atomic E-state index is 11.7. The van der Waals surface area contributed by atoms with Crippen LogP contribution in [0.15, 0.2) is 29.3 Å². The molecular weight excluding hydrogens is 505 g/mol. The highest BCUT2D eigenvalue weighted by molar-refractivity contribution is 14.0. The van der Waals surface area contributed by atoms with Gasteiger partial charge in [0.25, 0.3) is 0 Å². The molecule has 0 heterocycles. The van der Waals surface area contributed by atoms with Crippen molar-refractivity contribution in [3.05, 3.63) is 35.4 Å². The predicted octanol–water partition coefficient (Wildman–Crippen LogP) is 4.11. The molecule has 0 bridgehead atoms. The van der Waals surface area contributed by atoms with Crippen LogP contribution in [-0.4, -0.2) is 55.3 Å². The van der Waals surface area contributed by atoms with Gasteiger partial charge in [-0.1, -0.05) is 24.3 Å². The topological polar surface area (TPSA) is 78.0 Å². The van der Waals surface area contributed by atoms with E-state index in [4.69, 9.17) is 9.73 Å². The Balaban J connectivity index is 0.00000900. The zero-order valence-electron chi connectivity index (χ0n) is 20.2. The lowest BCUT2D eigenvalue weighted by Crippen LogP contribution is -2.39. The van der Waals surface area contributed by atoms with E-state index in [9.17, 15) is 4.79 Å². The first-order valence-electron chi connectivity index (χ1n) is 10.9. The lowest BCUT2D eigenvalue weighted by atomic mass is 10.1. The molecule has 0 spiro atoms. The summed E-state index contributed by atoms with van der Waals surface area (Å²) in [6.45, 7) is 15.6. The average molecular weight is 548 g/mol. The van der Waals surface area contributed by atoms with Crippen LogP contribution in [0, 0.1) is 0 Å². The highest BCUT2D eigenvalue weighted by atomic mass is 127. The lowest BCUT2D eigenvalue weighted by molar-refractivity contribution is 0.0527. The number of aliphatic imine (C=N–C) groups is 1. The zero-order valence-corrected chi connectivity index (χ0v) is 22.6. The fourth-order valence-electron chi connectivity index (χ4n) is 2.62. The standard InChI is InChI=1S/C23H41N5O2.HI/c1-8-24-21(25-14-11-15-26-22(29)30-23(4,5)6)27-16-19-12-9-10-13-20(19)17-28(7)18(2)3;/h9-10,12-13,18H,8,11,14-17H2,1-7H3,(H,26,29)(H2,24,25,27);1H. The Morgan fingerprint density at radius 3 is 2.29 bits per heavy atom. The number of carbonyl (C=O) groups excluding carboxylic acids is 1.